The number of aromatic nitrogens is 2. The highest BCUT2D eigenvalue weighted by atomic mass is 16.2. The summed E-state index contributed by atoms with van der Waals surface area (Å²) in [5, 5.41) is 20.2. The van der Waals surface area contributed by atoms with E-state index in [-0.39, 0.29) is 35.6 Å². The highest BCUT2D eigenvalue weighted by Gasteiger charge is 2.34. The number of anilines is 1. The molecule has 1 aliphatic rings. The van der Waals surface area contributed by atoms with E-state index in [0.29, 0.717) is 19.0 Å². The second-order valence-electron chi connectivity index (χ2n) is 5.62. The Morgan fingerprint density at radius 3 is 2.77 bits per heavy atom. The first-order valence-corrected chi connectivity index (χ1v) is 6.93. The number of amides is 2. The first-order chi connectivity index (χ1) is 10.4. The van der Waals surface area contributed by atoms with Crippen molar-refractivity contribution in [1.29, 1.82) is 10.5 Å². The zero-order valence-electron chi connectivity index (χ0n) is 12.4. The Morgan fingerprint density at radius 1 is 1.50 bits per heavy atom. The average Bonchev–Trinajstić information content (AvgIpc) is 3.02. The van der Waals surface area contributed by atoms with Gasteiger partial charge in [-0.05, 0) is 5.92 Å². The van der Waals surface area contributed by atoms with Crippen molar-refractivity contribution in [3.63, 3.8) is 0 Å². The topological polar surface area (TPSA) is 126 Å². The summed E-state index contributed by atoms with van der Waals surface area (Å²) in [5.41, 5.74) is -0.0662. The molecule has 22 heavy (non-hydrogen) atoms. The molecular formula is C14H16N6O2. The average molecular weight is 300 g/mol. The number of hydrogen-bond acceptors (Lipinski definition) is 5. The fourth-order valence-electron chi connectivity index (χ4n) is 2.38. The molecule has 2 N–H and O–H groups in total. The number of imidazole rings is 1. The van der Waals surface area contributed by atoms with E-state index < -0.39 is 5.92 Å². The Balaban J connectivity index is 2.02. The molecule has 1 aromatic rings. The van der Waals surface area contributed by atoms with Gasteiger partial charge in [0.05, 0.1) is 5.92 Å². The van der Waals surface area contributed by atoms with E-state index in [1.165, 1.54) is 0 Å². The maximum absolute atomic E-state index is 12.2. The van der Waals surface area contributed by atoms with Crippen LogP contribution in [0.5, 0.6) is 0 Å². The van der Waals surface area contributed by atoms with Crippen LogP contribution in [0.2, 0.25) is 0 Å². The Bertz CT molecular complexity index is 647. The summed E-state index contributed by atoms with van der Waals surface area (Å²) in [5.74, 6) is -0.446. The summed E-state index contributed by atoms with van der Waals surface area (Å²) in [6.07, 6.45) is 0.162. The normalized spacial score (nSPS) is 17.4. The molecule has 1 saturated heterocycles. The lowest BCUT2D eigenvalue weighted by Crippen LogP contribution is -2.31. The Morgan fingerprint density at radius 2 is 2.23 bits per heavy atom. The van der Waals surface area contributed by atoms with Crippen molar-refractivity contribution >= 4 is 17.8 Å². The van der Waals surface area contributed by atoms with Gasteiger partial charge in [-0.3, -0.25) is 14.9 Å². The maximum atomic E-state index is 12.2. The third-order valence-corrected chi connectivity index (χ3v) is 3.33. The maximum Gasteiger partial charge on any atom is 0.232 e. The lowest BCUT2D eigenvalue weighted by atomic mass is 10.1. The number of H-pyrrole nitrogens is 1. The second-order valence-corrected chi connectivity index (χ2v) is 5.62. The number of aromatic amines is 1. The van der Waals surface area contributed by atoms with Crippen molar-refractivity contribution in [1.82, 2.24) is 14.9 Å². The van der Waals surface area contributed by atoms with E-state index in [1.807, 2.05) is 13.8 Å². The number of carbonyl (C=O) groups is 2. The predicted octanol–water partition coefficient (Wildman–Crippen LogP) is 0.596. The molecule has 1 fully saturated rings. The van der Waals surface area contributed by atoms with Gasteiger partial charge in [-0.1, -0.05) is 13.8 Å². The summed E-state index contributed by atoms with van der Waals surface area (Å²) < 4.78 is 0. The molecule has 2 rings (SSSR count). The van der Waals surface area contributed by atoms with Crippen molar-refractivity contribution in [3.05, 3.63) is 11.4 Å². The molecular weight excluding hydrogens is 284 g/mol. The van der Waals surface area contributed by atoms with Crippen molar-refractivity contribution < 1.29 is 9.59 Å². The standard InChI is InChI=1S/C14H16N6O2/c1-8(2)6-20-7-9(3-12(20)21)13(22)19-14-17-10(4-15)11(5-16)18-14/h8-9H,3,6-7H2,1-2H3,(H2,17,18,19,22)/t9-/m1/s1. The lowest BCUT2D eigenvalue weighted by molar-refractivity contribution is -0.128. The molecule has 0 radical (unpaired) electrons. The molecule has 1 aromatic heterocycles. The highest BCUT2D eigenvalue weighted by molar-refractivity contribution is 5.96. The lowest BCUT2D eigenvalue weighted by Gasteiger charge is -2.18. The number of nitrogens with one attached hydrogen (secondary N) is 2. The second kappa shape index (κ2) is 6.27. The minimum atomic E-state index is -0.451. The fourth-order valence-corrected chi connectivity index (χ4v) is 2.38. The monoisotopic (exact) mass is 300 g/mol. The Labute approximate surface area is 127 Å². The molecule has 0 bridgehead atoms. The van der Waals surface area contributed by atoms with Crippen molar-refractivity contribution in [2.75, 3.05) is 18.4 Å². The molecule has 2 amide bonds. The molecule has 114 valence electrons. The van der Waals surface area contributed by atoms with Crippen LogP contribution in [-0.2, 0) is 9.59 Å². The number of hydrogen-bond donors (Lipinski definition) is 2. The number of nitriles is 2. The van der Waals surface area contributed by atoms with Crippen LogP contribution in [0.25, 0.3) is 0 Å². The van der Waals surface area contributed by atoms with E-state index >= 15 is 0 Å². The van der Waals surface area contributed by atoms with Crippen LogP contribution in [0.3, 0.4) is 0 Å². The smallest absolute Gasteiger partial charge is 0.232 e. The Kier molecular flexibility index (Phi) is 4.42. The van der Waals surface area contributed by atoms with Crippen LogP contribution < -0.4 is 5.32 Å². The van der Waals surface area contributed by atoms with Crippen molar-refractivity contribution in [2.24, 2.45) is 11.8 Å². The minimum absolute atomic E-state index is 0.00160. The number of carbonyl (C=O) groups excluding carboxylic acids is 2. The minimum Gasteiger partial charge on any atom is -0.342 e. The summed E-state index contributed by atoms with van der Waals surface area (Å²) in [4.78, 5) is 32.1. The van der Waals surface area contributed by atoms with Gasteiger partial charge in [0, 0.05) is 19.5 Å². The van der Waals surface area contributed by atoms with Crippen LogP contribution in [0.15, 0.2) is 0 Å². The molecule has 8 nitrogen and oxygen atoms in total. The summed E-state index contributed by atoms with van der Waals surface area (Å²) in [6.45, 7) is 5.02. The summed E-state index contributed by atoms with van der Waals surface area (Å²) in [6, 6.07) is 3.56. The fraction of sp³-hybridized carbons (Fsp3) is 0.500. The Hall–Kier alpha value is -2.87. The van der Waals surface area contributed by atoms with E-state index in [9.17, 15) is 9.59 Å². The van der Waals surface area contributed by atoms with Crippen LogP contribution in [-0.4, -0.2) is 39.8 Å². The van der Waals surface area contributed by atoms with Crippen LogP contribution in [0, 0.1) is 34.5 Å². The number of likely N-dealkylation sites (tertiary alicyclic amines) is 1. The number of rotatable bonds is 4. The van der Waals surface area contributed by atoms with E-state index in [4.69, 9.17) is 10.5 Å². The molecule has 8 heteroatoms. The third-order valence-electron chi connectivity index (χ3n) is 3.33. The highest BCUT2D eigenvalue weighted by Crippen LogP contribution is 2.20. The van der Waals surface area contributed by atoms with E-state index in [2.05, 4.69) is 15.3 Å². The SMILES string of the molecule is CC(C)CN1C[C@H](C(=O)Nc2nc(C#N)c(C#N)[nH]2)CC1=O. The van der Waals surface area contributed by atoms with E-state index in [0.717, 1.165) is 0 Å². The molecule has 1 aliphatic heterocycles. The zero-order valence-corrected chi connectivity index (χ0v) is 12.4. The molecule has 0 spiro atoms. The quantitative estimate of drug-likeness (QED) is 0.841. The van der Waals surface area contributed by atoms with Gasteiger partial charge in [-0.15, -0.1) is 0 Å². The van der Waals surface area contributed by atoms with Gasteiger partial charge in [0.15, 0.2) is 11.4 Å². The van der Waals surface area contributed by atoms with Crippen LogP contribution >= 0.6 is 0 Å². The van der Waals surface area contributed by atoms with Crippen LogP contribution in [0.4, 0.5) is 5.95 Å². The molecule has 0 aromatic carbocycles. The van der Waals surface area contributed by atoms with Gasteiger partial charge in [0.25, 0.3) is 0 Å². The van der Waals surface area contributed by atoms with Gasteiger partial charge in [-0.2, -0.15) is 10.5 Å². The van der Waals surface area contributed by atoms with Crippen molar-refractivity contribution in [3.8, 4) is 12.1 Å². The molecule has 0 saturated carbocycles. The van der Waals surface area contributed by atoms with Gasteiger partial charge in [-0.25, -0.2) is 4.98 Å². The predicted molar refractivity (Wildman–Crippen MR) is 76.2 cm³/mol. The zero-order chi connectivity index (χ0) is 16.3. The number of nitrogens with zero attached hydrogens (tertiary/aromatic N) is 4. The van der Waals surface area contributed by atoms with E-state index in [1.54, 1.807) is 17.0 Å². The molecule has 1 atom stereocenters. The third kappa shape index (κ3) is 3.23. The molecule has 0 aliphatic carbocycles. The first kappa shape index (κ1) is 15.5. The van der Waals surface area contributed by atoms with Crippen molar-refractivity contribution in [2.45, 2.75) is 20.3 Å². The summed E-state index contributed by atoms with van der Waals surface area (Å²) >= 11 is 0. The first-order valence-electron chi connectivity index (χ1n) is 6.93. The van der Waals surface area contributed by atoms with Gasteiger partial charge < -0.3 is 9.88 Å². The van der Waals surface area contributed by atoms with Gasteiger partial charge >= 0.3 is 0 Å². The van der Waals surface area contributed by atoms with Crippen LogP contribution in [0.1, 0.15) is 31.7 Å². The molecule has 2 heterocycles. The van der Waals surface area contributed by atoms with Gasteiger partial charge in [0.2, 0.25) is 17.8 Å². The summed E-state index contributed by atoms with van der Waals surface area (Å²) in [7, 11) is 0. The molecule has 0 unspecified atom stereocenters. The largest absolute Gasteiger partial charge is 0.342 e. The van der Waals surface area contributed by atoms with Gasteiger partial charge in [0.1, 0.15) is 12.1 Å².